The molecule has 0 aromatic carbocycles. The minimum atomic E-state index is -1.52. The van der Waals surface area contributed by atoms with Gasteiger partial charge in [-0.1, -0.05) is 43.4 Å². The highest BCUT2D eigenvalue weighted by atomic mass is 127. The Hall–Kier alpha value is 0.827. The summed E-state index contributed by atoms with van der Waals surface area (Å²) in [6.45, 7) is 6.80. The van der Waals surface area contributed by atoms with E-state index in [-0.39, 0.29) is 18.5 Å². The van der Waals surface area contributed by atoms with Crippen LogP contribution in [0.15, 0.2) is 0 Å². The molecule has 3 nitrogen and oxygen atoms in total. The number of methoxy groups -OCH3 is 1. The van der Waals surface area contributed by atoms with Gasteiger partial charge in [0.05, 0.1) is 12.2 Å². The zero-order valence-corrected chi connectivity index (χ0v) is 14.5. The molecule has 1 rings (SSSR count). The largest absolute Gasteiger partial charge is 0.411 e. The second kappa shape index (κ2) is 7.42. The van der Waals surface area contributed by atoms with Crippen LogP contribution < -0.4 is 0 Å². The standard InChI is InChI=1S/C12H25IO3Si/c1-5-17(6-2,7-3)16-10-8-12(14-4)15-11(10)9-13/h10-12H,5-9H2,1-4H3/t10-,11+,12+/m0/s1. The highest BCUT2D eigenvalue weighted by Gasteiger charge is 2.41. The minimum absolute atomic E-state index is 0.0722. The molecule has 0 bridgehead atoms. The maximum atomic E-state index is 6.51. The highest BCUT2D eigenvalue weighted by Crippen LogP contribution is 2.31. The van der Waals surface area contributed by atoms with Gasteiger partial charge in [-0.15, -0.1) is 0 Å². The van der Waals surface area contributed by atoms with Crippen molar-refractivity contribution in [1.82, 2.24) is 0 Å². The molecule has 17 heavy (non-hydrogen) atoms. The lowest BCUT2D eigenvalue weighted by Crippen LogP contribution is -2.43. The van der Waals surface area contributed by atoms with E-state index >= 15 is 0 Å². The van der Waals surface area contributed by atoms with Gasteiger partial charge in [-0.25, -0.2) is 0 Å². The van der Waals surface area contributed by atoms with Crippen LogP contribution in [-0.2, 0) is 13.9 Å². The third-order valence-corrected chi connectivity index (χ3v) is 9.45. The van der Waals surface area contributed by atoms with Gasteiger partial charge >= 0.3 is 0 Å². The fraction of sp³-hybridized carbons (Fsp3) is 1.00. The van der Waals surface area contributed by atoms with Crippen molar-refractivity contribution in [2.75, 3.05) is 11.5 Å². The molecule has 1 aliphatic rings. The summed E-state index contributed by atoms with van der Waals surface area (Å²) in [7, 11) is 0.188. The number of hydrogen-bond acceptors (Lipinski definition) is 3. The fourth-order valence-electron chi connectivity index (χ4n) is 2.41. The van der Waals surface area contributed by atoms with E-state index in [1.165, 1.54) is 18.1 Å². The molecule has 0 saturated carbocycles. The number of ether oxygens (including phenoxy) is 2. The van der Waals surface area contributed by atoms with Gasteiger partial charge in [0.15, 0.2) is 14.6 Å². The molecular formula is C12H25IO3Si. The van der Waals surface area contributed by atoms with E-state index in [2.05, 4.69) is 43.4 Å². The molecule has 0 aromatic heterocycles. The minimum Gasteiger partial charge on any atom is -0.411 e. The lowest BCUT2D eigenvalue weighted by Gasteiger charge is -2.32. The van der Waals surface area contributed by atoms with E-state index in [4.69, 9.17) is 13.9 Å². The highest BCUT2D eigenvalue weighted by molar-refractivity contribution is 14.1. The molecule has 1 saturated heterocycles. The molecule has 0 spiro atoms. The molecule has 102 valence electrons. The molecular weight excluding hydrogens is 347 g/mol. The van der Waals surface area contributed by atoms with E-state index in [1.807, 2.05) is 0 Å². The van der Waals surface area contributed by atoms with Crippen molar-refractivity contribution in [3.63, 3.8) is 0 Å². The van der Waals surface area contributed by atoms with Crippen molar-refractivity contribution < 1.29 is 13.9 Å². The van der Waals surface area contributed by atoms with Crippen LogP contribution in [0.3, 0.4) is 0 Å². The summed E-state index contributed by atoms with van der Waals surface area (Å²) < 4.78 is 18.6. The van der Waals surface area contributed by atoms with Crippen molar-refractivity contribution in [2.24, 2.45) is 0 Å². The van der Waals surface area contributed by atoms with E-state index in [1.54, 1.807) is 7.11 Å². The molecule has 0 aromatic rings. The summed E-state index contributed by atoms with van der Waals surface area (Å²) in [4.78, 5) is 0. The van der Waals surface area contributed by atoms with E-state index in [0.717, 1.165) is 10.8 Å². The Morgan fingerprint density at radius 3 is 2.24 bits per heavy atom. The first-order valence-electron chi connectivity index (χ1n) is 6.56. The van der Waals surface area contributed by atoms with Crippen LogP contribution in [0.4, 0.5) is 0 Å². The maximum Gasteiger partial charge on any atom is 0.192 e. The first kappa shape index (κ1) is 15.9. The Morgan fingerprint density at radius 2 is 1.82 bits per heavy atom. The Morgan fingerprint density at radius 1 is 1.24 bits per heavy atom. The molecule has 0 unspecified atom stereocenters. The van der Waals surface area contributed by atoms with Gasteiger partial charge in [-0.05, 0) is 18.1 Å². The van der Waals surface area contributed by atoms with Crippen molar-refractivity contribution in [3.05, 3.63) is 0 Å². The summed E-state index contributed by atoms with van der Waals surface area (Å²) in [6.07, 6.45) is 1.26. The molecule has 3 atom stereocenters. The van der Waals surface area contributed by atoms with Gasteiger partial charge in [0.2, 0.25) is 0 Å². The maximum absolute atomic E-state index is 6.51. The van der Waals surface area contributed by atoms with Crippen molar-refractivity contribution in [2.45, 2.75) is 63.8 Å². The average Bonchev–Trinajstić information content (AvgIpc) is 2.78. The molecule has 0 amide bonds. The molecule has 1 aliphatic heterocycles. The Balaban J connectivity index is 2.65. The van der Waals surface area contributed by atoms with Crippen LogP contribution in [-0.4, -0.2) is 38.4 Å². The lowest BCUT2D eigenvalue weighted by atomic mass is 10.2. The summed E-state index contributed by atoms with van der Waals surface area (Å²) >= 11 is 2.37. The Labute approximate surface area is 120 Å². The Kier molecular flexibility index (Phi) is 6.94. The zero-order valence-electron chi connectivity index (χ0n) is 11.4. The summed E-state index contributed by atoms with van der Waals surface area (Å²) in [5, 5.41) is 0. The van der Waals surface area contributed by atoms with Gasteiger partial charge in [0.1, 0.15) is 0 Å². The number of rotatable bonds is 7. The Bertz CT molecular complexity index is 216. The third-order valence-electron chi connectivity index (χ3n) is 3.92. The second-order valence-electron chi connectivity index (χ2n) is 4.63. The van der Waals surface area contributed by atoms with Crippen molar-refractivity contribution in [3.8, 4) is 0 Å². The monoisotopic (exact) mass is 372 g/mol. The molecule has 1 heterocycles. The lowest BCUT2D eigenvalue weighted by molar-refractivity contribution is -0.110. The van der Waals surface area contributed by atoms with Gasteiger partial charge in [0.25, 0.3) is 0 Å². The normalized spacial score (nSPS) is 29.8. The van der Waals surface area contributed by atoms with E-state index in [9.17, 15) is 0 Å². The number of alkyl halides is 1. The first-order valence-corrected chi connectivity index (χ1v) is 10.6. The quantitative estimate of drug-likeness (QED) is 0.389. The van der Waals surface area contributed by atoms with Crippen LogP contribution >= 0.6 is 22.6 Å². The van der Waals surface area contributed by atoms with Gasteiger partial charge in [0, 0.05) is 18.0 Å². The van der Waals surface area contributed by atoms with Crippen LogP contribution in [0.25, 0.3) is 0 Å². The number of halogens is 1. The van der Waals surface area contributed by atoms with Gasteiger partial charge < -0.3 is 13.9 Å². The van der Waals surface area contributed by atoms with E-state index < -0.39 is 8.32 Å². The smallest absolute Gasteiger partial charge is 0.192 e. The van der Waals surface area contributed by atoms with Crippen LogP contribution in [0.5, 0.6) is 0 Å². The van der Waals surface area contributed by atoms with Gasteiger partial charge in [-0.2, -0.15) is 0 Å². The number of hydrogen-bond donors (Lipinski definition) is 0. The first-order chi connectivity index (χ1) is 8.14. The SMILES string of the molecule is CC[Si](CC)(CC)O[C@H]1C[C@H](OC)O[C@@H]1CI. The van der Waals surface area contributed by atoms with Crippen LogP contribution in [0.1, 0.15) is 27.2 Å². The topological polar surface area (TPSA) is 27.7 Å². The second-order valence-corrected chi connectivity index (χ2v) is 10.2. The fourth-order valence-corrected chi connectivity index (χ4v) is 6.08. The molecule has 0 aliphatic carbocycles. The molecule has 5 heteroatoms. The van der Waals surface area contributed by atoms with E-state index in [0.29, 0.717) is 0 Å². The van der Waals surface area contributed by atoms with Crippen molar-refractivity contribution >= 4 is 30.9 Å². The summed E-state index contributed by atoms with van der Waals surface area (Å²) in [5.41, 5.74) is 0. The zero-order chi connectivity index (χ0) is 12.9. The molecule has 0 N–H and O–H groups in total. The summed E-state index contributed by atoms with van der Waals surface area (Å²) in [6, 6.07) is 3.59. The molecule has 0 radical (unpaired) electrons. The predicted octanol–water partition coefficient (Wildman–Crippen LogP) is 3.57. The van der Waals surface area contributed by atoms with Gasteiger partial charge in [-0.3, -0.25) is 0 Å². The predicted molar refractivity (Wildman–Crippen MR) is 81.2 cm³/mol. The summed E-state index contributed by atoms with van der Waals surface area (Å²) in [5.74, 6) is 0. The van der Waals surface area contributed by atoms with Crippen LogP contribution in [0, 0.1) is 0 Å². The molecule has 1 fully saturated rings. The average molecular weight is 372 g/mol. The van der Waals surface area contributed by atoms with Crippen molar-refractivity contribution in [1.29, 1.82) is 0 Å². The third kappa shape index (κ3) is 3.89. The van der Waals surface area contributed by atoms with Crippen LogP contribution in [0.2, 0.25) is 18.1 Å².